The Morgan fingerprint density at radius 3 is 2.40 bits per heavy atom. The number of nitrogens with zero attached hydrogens (tertiary/aromatic N) is 3. The van der Waals surface area contributed by atoms with Gasteiger partial charge in [-0.15, -0.1) is 0 Å². The molecule has 2 aromatic heterocycles. The second-order valence-corrected chi connectivity index (χ2v) is 8.58. The van der Waals surface area contributed by atoms with Crippen LogP contribution in [0, 0.1) is 0 Å². The molecule has 0 spiro atoms. The van der Waals surface area contributed by atoms with E-state index in [-0.39, 0.29) is 5.91 Å². The van der Waals surface area contributed by atoms with Crippen LogP contribution in [-0.4, -0.2) is 21.8 Å². The molecule has 4 aromatic rings. The third-order valence-corrected chi connectivity index (χ3v) is 6.38. The molecule has 0 radical (unpaired) electrons. The largest absolute Gasteiger partial charge is 0.350 e. The second kappa shape index (κ2) is 8.05. The van der Waals surface area contributed by atoms with E-state index in [1.54, 1.807) is 24.0 Å². The van der Waals surface area contributed by atoms with Crippen molar-refractivity contribution in [3.8, 4) is 0 Å². The van der Waals surface area contributed by atoms with Gasteiger partial charge in [-0.3, -0.25) is 4.79 Å². The number of imidazole rings is 1. The number of nitrogens with one attached hydrogen (secondary N) is 1. The molecule has 0 atom stereocenters. The molecular formula is C23H19ClN4OS. The van der Waals surface area contributed by atoms with E-state index in [9.17, 15) is 4.79 Å². The van der Waals surface area contributed by atoms with Gasteiger partial charge in [-0.25, -0.2) is 4.98 Å². The van der Waals surface area contributed by atoms with Gasteiger partial charge in [-0.1, -0.05) is 47.6 Å². The molecule has 30 heavy (non-hydrogen) atoms. The summed E-state index contributed by atoms with van der Waals surface area (Å²) < 4.78 is 1.86. The molecule has 0 aliphatic carbocycles. The summed E-state index contributed by atoms with van der Waals surface area (Å²) in [5.41, 5.74) is 3.90. The predicted molar refractivity (Wildman–Crippen MR) is 121 cm³/mol. The van der Waals surface area contributed by atoms with Crippen molar-refractivity contribution >= 4 is 46.3 Å². The van der Waals surface area contributed by atoms with E-state index in [0.29, 0.717) is 24.5 Å². The zero-order valence-corrected chi connectivity index (χ0v) is 17.7. The molecule has 7 heteroatoms. The highest BCUT2D eigenvalue weighted by Crippen LogP contribution is 2.47. The molecule has 0 saturated heterocycles. The first-order valence-electron chi connectivity index (χ1n) is 9.71. The van der Waals surface area contributed by atoms with E-state index in [0.717, 1.165) is 22.7 Å². The number of hydrogen-bond donors (Lipinski definition) is 1. The summed E-state index contributed by atoms with van der Waals surface area (Å²) >= 11 is 7.79. The van der Waals surface area contributed by atoms with Crippen molar-refractivity contribution < 1.29 is 4.79 Å². The van der Waals surface area contributed by atoms with E-state index >= 15 is 0 Å². The fourth-order valence-electron chi connectivity index (χ4n) is 3.62. The minimum Gasteiger partial charge on any atom is -0.350 e. The van der Waals surface area contributed by atoms with Crippen LogP contribution in [0.1, 0.15) is 12.1 Å². The molecule has 3 heterocycles. The highest BCUT2D eigenvalue weighted by Gasteiger charge is 2.23. The van der Waals surface area contributed by atoms with E-state index in [2.05, 4.69) is 39.5 Å². The Hall–Kier alpha value is -2.96. The molecule has 150 valence electrons. The zero-order valence-electron chi connectivity index (χ0n) is 16.1. The van der Waals surface area contributed by atoms with Crippen LogP contribution in [0.3, 0.4) is 0 Å². The molecule has 5 rings (SSSR count). The maximum atomic E-state index is 12.6. The molecule has 5 nitrogen and oxygen atoms in total. The quantitative estimate of drug-likeness (QED) is 0.463. The van der Waals surface area contributed by atoms with Gasteiger partial charge in [-0.05, 0) is 36.4 Å². The van der Waals surface area contributed by atoms with Gasteiger partial charge in [0.1, 0.15) is 5.65 Å². The SMILES string of the molecule is O=C(CCN1c2ccccc2Sc2ccccc21)NCc1cn2cc(Cl)ccc2n1. The molecule has 0 unspecified atom stereocenters. The van der Waals surface area contributed by atoms with Gasteiger partial charge in [0.25, 0.3) is 0 Å². The fraction of sp³-hybridized carbons (Fsp3) is 0.130. The van der Waals surface area contributed by atoms with Gasteiger partial charge in [-0.2, -0.15) is 0 Å². The minimum absolute atomic E-state index is 0.00160. The average molecular weight is 435 g/mol. The lowest BCUT2D eigenvalue weighted by molar-refractivity contribution is -0.121. The third kappa shape index (κ3) is 3.76. The Labute approximate surface area is 183 Å². The molecular weight excluding hydrogens is 416 g/mol. The van der Waals surface area contributed by atoms with Crippen molar-refractivity contribution in [2.75, 3.05) is 11.4 Å². The number of amides is 1. The number of rotatable bonds is 5. The van der Waals surface area contributed by atoms with Crippen molar-refractivity contribution in [2.45, 2.75) is 22.8 Å². The van der Waals surface area contributed by atoms with Gasteiger partial charge >= 0.3 is 0 Å². The summed E-state index contributed by atoms with van der Waals surface area (Å²) in [6.07, 6.45) is 4.08. The van der Waals surface area contributed by atoms with Gasteiger partial charge < -0.3 is 14.6 Å². The summed E-state index contributed by atoms with van der Waals surface area (Å²) in [4.78, 5) is 21.7. The maximum absolute atomic E-state index is 12.6. The number of halogens is 1. The Kier molecular flexibility index (Phi) is 5.11. The van der Waals surface area contributed by atoms with Crippen molar-refractivity contribution in [1.82, 2.24) is 14.7 Å². The summed E-state index contributed by atoms with van der Waals surface area (Å²) in [5.74, 6) is -0.00160. The van der Waals surface area contributed by atoms with Crippen LogP contribution in [0.15, 0.2) is 82.8 Å². The van der Waals surface area contributed by atoms with E-state index < -0.39 is 0 Å². The number of fused-ring (bicyclic) bond motifs is 3. The lowest BCUT2D eigenvalue weighted by Crippen LogP contribution is -2.29. The van der Waals surface area contributed by atoms with E-state index in [4.69, 9.17) is 11.6 Å². The van der Waals surface area contributed by atoms with Crippen LogP contribution in [-0.2, 0) is 11.3 Å². The van der Waals surface area contributed by atoms with Crippen molar-refractivity contribution in [3.05, 3.63) is 83.8 Å². The number of hydrogen-bond acceptors (Lipinski definition) is 4. The summed E-state index contributed by atoms with van der Waals surface area (Å²) in [5, 5.41) is 3.63. The predicted octanol–water partition coefficient (Wildman–Crippen LogP) is 5.30. The molecule has 1 aliphatic heterocycles. The summed E-state index contributed by atoms with van der Waals surface area (Å²) in [7, 11) is 0. The first-order chi connectivity index (χ1) is 14.7. The van der Waals surface area contributed by atoms with Crippen molar-refractivity contribution in [3.63, 3.8) is 0 Å². The number of anilines is 2. The molecule has 0 saturated carbocycles. The Morgan fingerprint density at radius 2 is 1.67 bits per heavy atom. The van der Waals surface area contributed by atoms with Crippen molar-refractivity contribution in [1.29, 1.82) is 0 Å². The van der Waals surface area contributed by atoms with Crippen LogP contribution in [0.4, 0.5) is 11.4 Å². The molecule has 1 aliphatic rings. The number of aromatic nitrogens is 2. The molecule has 0 bridgehead atoms. The first kappa shape index (κ1) is 19.0. The van der Waals surface area contributed by atoms with Gasteiger partial charge in [0.15, 0.2) is 0 Å². The lowest BCUT2D eigenvalue weighted by atomic mass is 10.2. The van der Waals surface area contributed by atoms with Crippen LogP contribution in [0.2, 0.25) is 5.02 Å². The standard InChI is InChI=1S/C23H19ClN4OS/c24-16-9-10-22-26-17(15-27(22)14-16)13-25-23(29)11-12-28-18-5-1-3-7-20(18)30-21-8-4-2-6-19(21)28/h1-10,14-15H,11-13H2,(H,25,29). The Bertz CT molecular complexity index is 1190. The number of pyridine rings is 1. The summed E-state index contributed by atoms with van der Waals surface area (Å²) in [6.45, 7) is 1.00. The van der Waals surface area contributed by atoms with Crippen molar-refractivity contribution in [2.24, 2.45) is 0 Å². The van der Waals surface area contributed by atoms with Crippen LogP contribution >= 0.6 is 23.4 Å². The van der Waals surface area contributed by atoms with Gasteiger partial charge in [0.2, 0.25) is 5.91 Å². The second-order valence-electron chi connectivity index (χ2n) is 7.06. The highest BCUT2D eigenvalue weighted by molar-refractivity contribution is 7.99. The average Bonchev–Trinajstić information content (AvgIpc) is 3.17. The molecule has 1 N–H and O–H groups in total. The zero-order chi connectivity index (χ0) is 20.5. The minimum atomic E-state index is -0.00160. The number of para-hydroxylation sites is 2. The van der Waals surface area contributed by atoms with Crippen LogP contribution in [0.5, 0.6) is 0 Å². The van der Waals surface area contributed by atoms with E-state index in [1.807, 2.05) is 40.9 Å². The normalized spacial score (nSPS) is 12.5. The van der Waals surface area contributed by atoms with Crippen LogP contribution < -0.4 is 10.2 Å². The number of carbonyl (C=O) groups is 1. The molecule has 2 aromatic carbocycles. The number of benzene rings is 2. The smallest absolute Gasteiger partial charge is 0.222 e. The van der Waals surface area contributed by atoms with Gasteiger partial charge in [0.05, 0.1) is 28.6 Å². The topological polar surface area (TPSA) is 49.6 Å². The number of carbonyl (C=O) groups excluding carboxylic acids is 1. The highest BCUT2D eigenvalue weighted by atomic mass is 35.5. The third-order valence-electron chi connectivity index (χ3n) is 5.03. The molecule has 1 amide bonds. The van der Waals surface area contributed by atoms with Gasteiger partial charge in [0, 0.05) is 35.2 Å². The Balaban J connectivity index is 1.26. The van der Waals surface area contributed by atoms with Crippen LogP contribution in [0.25, 0.3) is 5.65 Å². The Morgan fingerprint density at radius 1 is 0.967 bits per heavy atom. The monoisotopic (exact) mass is 434 g/mol. The lowest BCUT2D eigenvalue weighted by Gasteiger charge is -2.32. The van der Waals surface area contributed by atoms with E-state index in [1.165, 1.54) is 9.79 Å². The first-order valence-corrected chi connectivity index (χ1v) is 10.9. The molecule has 0 fully saturated rings. The fourth-order valence-corrected chi connectivity index (χ4v) is 4.88. The maximum Gasteiger partial charge on any atom is 0.222 e. The summed E-state index contributed by atoms with van der Waals surface area (Å²) in [6, 6.07) is 20.3.